The lowest BCUT2D eigenvalue weighted by Gasteiger charge is -2.25. The normalized spacial score (nSPS) is 14.1. The maximum absolute atomic E-state index is 11.2. The summed E-state index contributed by atoms with van der Waals surface area (Å²) in [5, 5.41) is 16.2. The van der Waals surface area contributed by atoms with Gasteiger partial charge in [0.15, 0.2) is 5.65 Å². The van der Waals surface area contributed by atoms with Gasteiger partial charge >= 0.3 is 5.69 Å². The molecule has 0 saturated heterocycles. The fourth-order valence-electron chi connectivity index (χ4n) is 1.46. The van der Waals surface area contributed by atoms with Gasteiger partial charge in [0, 0.05) is 18.2 Å². The minimum absolute atomic E-state index is 0.195. The Morgan fingerprint density at radius 1 is 1.53 bits per heavy atom. The molecule has 2 aromatic heterocycles. The van der Waals surface area contributed by atoms with E-state index in [2.05, 4.69) is 15.2 Å². The van der Waals surface area contributed by atoms with E-state index in [0.29, 0.717) is 12.1 Å². The molecule has 0 aromatic carbocycles. The van der Waals surface area contributed by atoms with Gasteiger partial charge in [0.25, 0.3) is 0 Å². The van der Waals surface area contributed by atoms with E-state index in [-0.39, 0.29) is 11.1 Å². The van der Waals surface area contributed by atoms with Crippen LogP contribution in [0, 0.1) is 5.41 Å². The maximum atomic E-state index is 11.2. The Kier molecular flexibility index (Phi) is 2.74. The molecule has 92 valence electrons. The molecule has 0 spiro atoms. The third-order valence-corrected chi connectivity index (χ3v) is 2.77. The number of rotatable bonds is 2. The third-order valence-electron chi connectivity index (χ3n) is 2.77. The molecule has 2 aromatic rings. The number of aromatic nitrogens is 4. The number of aliphatic hydroxyl groups is 1. The molecule has 6 heteroatoms. The zero-order valence-electron chi connectivity index (χ0n) is 10.1. The minimum atomic E-state index is -0.483. The molecule has 2 N–H and O–H groups in total. The van der Waals surface area contributed by atoms with Crippen molar-refractivity contribution in [2.75, 3.05) is 0 Å². The number of nitrogens with zero attached hydrogens (tertiary/aromatic N) is 3. The molecule has 0 radical (unpaired) electrons. The number of hydrogen-bond donors (Lipinski definition) is 2. The third kappa shape index (κ3) is 2.36. The number of nitrogens with one attached hydrogen (secondary N) is 1. The van der Waals surface area contributed by atoms with Crippen LogP contribution in [0.25, 0.3) is 5.65 Å². The maximum Gasteiger partial charge on any atom is 0.348 e. The van der Waals surface area contributed by atoms with Crippen LogP contribution in [0.4, 0.5) is 0 Å². The zero-order valence-corrected chi connectivity index (χ0v) is 10.1. The highest BCUT2D eigenvalue weighted by Gasteiger charge is 2.22. The largest absolute Gasteiger partial charge is 0.392 e. The molecule has 0 aliphatic heterocycles. The topological polar surface area (TPSA) is 83.3 Å². The molecule has 2 heterocycles. The van der Waals surface area contributed by atoms with Gasteiger partial charge in [0.1, 0.15) is 6.33 Å². The van der Waals surface area contributed by atoms with Crippen LogP contribution in [0.3, 0.4) is 0 Å². The van der Waals surface area contributed by atoms with Crippen LogP contribution in [0.15, 0.2) is 17.2 Å². The summed E-state index contributed by atoms with van der Waals surface area (Å²) in [7, 11) is 0. The van der Waals surface area contributed by atoms with E-state index >= 15 is 0 Å². The minimum Gasteiger partial charge on any atom is -0.392 e. The van der Waals surface area contributed by atoms with E-state index in [1.807, 2.05) is 20.8 Å². The Labute approximate surface area is 98.3 Å². The Morgan fingerprint density at radius 3 is 2.88 bits per heavy atom. The highest BCUT2D eigenvalue weighted by Crippen LogP contribution is 2.21. The second-order valence-electron chi connectivity index (χ2n) is 5.22. The Bertz CT molecular complexity index is 579. The van der Waals surface area contributed by atoms with Crippen molar-refractivity contribution >= 4 is 5.65 Å². The van der Waals surface area contributed by atoms with E-state index in [4.69, 9.17) is 0 Å². The van der Waals surface area contributed by atoms with Crippen LogP contribution < -0.4 is 5.69 Å². The van der Waals surface area contributed by atoms with Gasteiger partial charge < -0.3 is 5.11 Å². The predicted octanol–water partition coefficient (Wildman–Crippen LogP) is 0.367. The van der Waals surface area contributed by atoms with Crippen molar-refractivity contribution < 1.29 is 5.11 Å². The van der Waals surface area contributed by atoms with Gasteiger partial charge in [-0.05, 0) is 5.41 Å². The fourth-order valence-corrected chi connectivity index (χ4v) is 1.46. The Hall–Kier alpha value is -1.69. The highest BCUT2D eigenvalue weighted by molar-refractivity contribution is 5.36. The summed E-state index contributed by atoms with van der Waals surface area (Å²) < 4.78 is 1.33. The quantitative estimate of drug-likeness (QED) is 0.789. The first-order valence-electron chi connectivity index (χ1n) is 5.47. The van der Waals surface area contributed by atoms with Crippen molar-refractivity contribution in [1.82, 2.24) is 19.6 Å². The Morgan fingerprint density at radius 2 is 2.24 bits per heavy atom. The van der Waals surface area contributed by atoms with Crippen molar-refractivity contribution in [3.05, 3.63) is 28.6 Å². The van der Waals surface area contributed by atoms with E-state index in [9.17, 15) is 9.90 Å². The van der Waals surface area contributed by atoms with Crippen LogP contribution >= 0.6 is 0 Å². The van der Waals surface area contributed by atoms with Crippen molar-refractivity contribution in [1.29, 1.82) is 0 Å². The molecule has 2 rings (SSSR count). The lowest BCUT2D eigenvalue weighted by Crippen LogP contribution is -2.28. The van der Waals surface area contributed by atoms with Gasteiger partial charge in [0.05, 0.1) is 6.10 Å². The van der Waals surface area contributed by atoms with Gasteiger partial charge in [-0.3, -0.25) is 0 Å². The second kappa shape index (κ2) is 3.96. The van der Waals surface area contributed by atoms with Gasteiger partial charge in [-0.15, -0.1) is 0 Å². The van der Waals surface area contributed by atoms with Crippen LogP contribution in [-0.4, -0.2) is 30.8 Å². The summed E-state index contributed by atoms with van der Waals surface area (Å²) in [6.07, 6.45) is 1.38. The molecule has 0 aliphatic rings. The fraction of sp³-hybridized carbons (Fsp3) is 0.545. The molecule has 0 saturated carbocycles. The summed E-state index contributed by atoms with van der Waals surface area (Å²) >= 11 is 0. The van der Waals surface area contributed by atoms with Crippen molar-refractivity contribution in [3.63, 3.8) is 0 Å². The standard InChI is InChI=1S/C11H16N4O2/c1-11(2,3)8(16)4-7-5-9-13-14-10(17)15(9)6-12-7/h5-6,8,16H,4H2,1-3H3,(H,14,17). The SMILES string of the molecule is CC(C)(C)C(O)Cc1cc2n[nH]c(=O)n2cn1. The van der Waals surface area contributed by atoms with Crippen LogP contribution in [0.1, 0.15) is 26.5 Å². The molecule has 0 amide bonds. The van der Waals surface area contributed by atoms with E-state index in [1.165, 1.54) is 10.7 Å². The highest BCUT2D eigenvalue weighted by atomic mass is 16.3. The summed E-state index contributed by atoms with van der Waals surface area (Å²) in [5.41, 5.74) is 0.731. The van der Waals surface area contributed by atoms with Crippen molar-refractivity contribution in [2.45, 2.75) is 33.3 Å². The molecular weight excluding hydrogens is 220 g/mol. The average Bonchev–Trinajstić information content (AvgIpc) is 2.59. The van der Waals surface area contributed by atoms with E-state index in [0.717, 1.165) is 5.69 Å². The lowest BCUT2D eigenvalue weighted by molar-refractivity contribution is 0.0628. The molecular formula is C11H16N4O2. The molecule has 0 bridgehead atoms. The summed E-state index contributed by atoms with van der Waals surface area (Å²) in [6, 6.07) is 1.70. The van der Waals surface area contributed by atoms with Crippen LogP contribution in [0.5, 0.6) is 0 Å². The summed E-state index contributed by atoms with van der Waals surface area (Å²) in [4.78, 5) is 15.4. The van der Waals surface area contributed by atoms with Gasteiger partial charge in [-0.2, -0.15) is 5.10 Å². The van der Waals surface area contributed by atoms with E-state index < -0.39 is 6.10 Å². The number of H-pyrrole nitrogens is 1. The van der Waals surface area contributed by atoms with Gasteiger partial charge in [0.2, 0.25) is 0 Å². The first-order valence-corrected chi connectivity index (χ1v) is 5.47. The molecule has 1 unspecified atom stereocenters. The molecule has 1 atom stereocenters. The van der Waals surface area contributed by atoms with Gasteiger partial charge in [-0.25, -0.2) is 19.3 Å². The molecule has 0 aliphatic carbocycles. The number of fused-ring (bicyclic) bond motifs is 1. The number of aliphatic hydroxyl groups excluding tert-OH is 1. The monoisotopic (exact) mass is 236 g/mol. The van der Waals surface area contributed by atoms with Crippen LogP contribution in [0.2, 0.25) is 0 Å². The van der Waals surface area contributed by atoms with Crippen molar-refractivity contribution in [3.8, 4) is 0 Å². The molecule has 0 fully saturated rings. The number of aromatic amines is 1. The van der Waals surface area contributed by atoms with Crippen molar-refractivity contribution in [2.24, 2.45) is 5.41 Å². The summed E-state index contributed by atoms with van der Waals surface area (Å²) in [6.45, 7) is 5.90. The smallest absolute Gasteiger partial charge is 0.348 e. The second-order valence-corrected chi connectivity index (χ2v) is 5.22. The molecule has 17 heavy (non-hydrogen) atoms. The van der Waals surface area contributed by atoms with E-state index in [1.54, 1.807) is 6.07 Å². The predicted molar refractivity (Wildman–Crippen MR) is 62.8 cm³/mol. The summed E-state index contributed by atoms with van der Waals surface area (Å²) in [5.74, 6) is 0. The first kappa shape index (κ1) is 11.8. The molecule has 6 nitrogen and oxygen atoms in total. The van der Waals surface area contributed by atoms with Crippen LogP contribution in [-0.2, 0) is 6.42 Å². The first-order chi connectivity index (χ1) is 7.88. The number of hydrogen-bond acceptors (Lipinski definition) is 4. The zero-order chi connectivity index (χ0) is 12.6. The average molecular weight is 236 g/mol. The lowest BCUT2D eigenvalue weighted by atomic mass is 9.86. The van der Waals surface area contributed by atoms with Gasteiger partial charge in [-0.1, -0.05) is 20.8 Å². The Balaban J connectivity index is 2.28.